The number of ether oxygens (including phenoxy) is 2. The van der Waals surface area contributed by atoms with Crippen molar-refractivity contribution in [1.82, 2.24) is 9.97 Å². The second-order valence-electron chi connectivity index (χ2n) is 4.28. The Morgan fingerprint density at radius 1 is 1.25 bits per heavy atom. The molecule has 0 spiro atoms. The fraction of sp³-hybridized carbons (Fsp3) is 0.429. The lowest BCUT2D eigenvalue weighted by atomic mass is 10.1. The van der Waals surface area contributed by atoms with E-state index < -0.39 is 0 Å². The average molecular weight is 293 g/mol. The first kappa shape index (κ1) is 14.6. The smallest absolute Gasteiger partial charge is 0.229 e. The fourth-order valence-corrected chi connectivity index (χ4v) is 2.71. The predicted octanol–water partition coefficient (Wildman–Crippen LogP) is 3.51. The number of hydrogen-bond acceptors (Lipinski definition) is 6. The molecule has 0 aliphatic rings. The van der Waals surface area contributed by atoms with E-state index in [0.717, 1.165) is 12.8 Å². The second kappa shape index (κ2) is 7.09. The van der Waals surface area contributed by atoms with Crippen molar-refractivity contribution in [3.05, 3.63) is 28.5 Å². The van der Waals surface area contributed by atoms with Gasteiger partial charge in [-0.2, -0.15) is 9.97 Å². The van der Waals surface area contributed by atoms with Gasteiger partial charge in [0.1, 0.15) is 0 Å². The summed E-state index contributed by atoms with van der Waals surface area (Å²) in [5.41, 5.74) is 0. The Morgan fingerprint density at radius 3 is 2.45 bits per heavy atom. The molecule has 5 nitrogen and oxygen atoms in total. The highest BCUT2D eigenvalue weighted by atomic mass is 32.1. The van der Waals surface area contributed by atoms with Crippen LogP contribution in [-0.2, 0) is 0 Å². The van der Waals surface area contributed by atoms with Crippen LogP contribution in [0.25, 0.3) is 0 Å². The largest absolute Gasteiger partial charge is 0.481 e. The SMILES string of the molecule is CCCC(Nc1nc(OC)cc(OC)n1)c1cccs1. The lowest BCUT2D eigenvalue weighted by molar-refractivity contribution is 0.372. The Hall–Kier alpha value is -1.82. The summed E-state index contributed by atoms with van der Waals surface area (Å²) in [5, 5.41) is 5.44. The van der Waals surface area contributed by atoms with Gasteiger partial charge in [0.05, 0.1) is 26.3 Å². The highest BCUT2D eigenvalue weighted by Gasteiger charge is 2.14. The van der Waals surface area contributed by atoms with Gasteiger partial charge in [-0.1, -0.05) is 19.4 Å². The van der Waals surface area contributed by atoms with Crippen molar-refractivity contribution >= 4 is 17.3 Å². The molecule has 0 radical (unpaired) electrons. The maximum Gasteiger partial charge on any atom is 0.229 e. The summed E-state index contributed by atoms with van der Waals surface area (Å²) in [6, 6.07) is 6.04. The minimum Gasteiger partial charge on any atom is -0.481 e. The molecule has 0 aliphatic carbocycles. The molecule has 2 heterocycles. The molecule has 0 amide bonds. The summed E-state index contributed by atoms with van der Waals surface area (Å²) in [4.78, 5) is 9.90. The van der Waals surface area contributed by atoms with Crippen LogP contribution in [0.15, 0.2) is 23.6 Å². The van der Waals surface area contributed by atoms with Crippen LogP contribution in [0.2, 0.25) is 0 Å². The van der Waals surface area contributed by atoms with Gasteiger partial charge in [0.15, 0.2) is 0 Å². The van der Waals surface area contributed by atoms with E-state index in [1.54, 1.807) is 31.6 Å². The zero-order valence-corrected chi connectivity index (χ0v) is 12.7. The van der Waals surface area contributed by atoms with E-state index in [1.807, 2.05) is 0 Å². The number of nitrogens with zero attached hydrogens (tertiary/aromatic N) is 2. The van der Waals surface area contributed by atoms with Crippen LogP contribution in [0.5, 0.6) is 11.8 Å². The molecule has 20 heavy (non-hydrogen) atoms. The Balaban J connectivity index is 2.21. The second-order valence-corrected chi connectivity index (χ2v) is 5.26. The number of anilines is 1. The van der Waals surface area contributed by atoms with Crippen molar-refractivity contribution in [2.75, 3.05) is 19.5 Å². The van der Waals surface area contributed by atoms with E-state index in [2.05, 4.69) is 39.7 Å². The standard InChI is InChI=1S/C14H19N3O2S/c1-4-6-10(11-7-5-8-20-11)15-14-16-12(18-2)9-13(17-14)19-3/h5,7-10H,4,6H2,1-3H3,(H,15,16,17). The van der Waals surface area contributed by atoms with Gasteiger partial charge >= 0.3 is 0 Å². The fourth-order valence-electron chi connectivity index (χ4n) is 1.90. The van der Waals surface area contributed by atoms with E-state index in [-0.39, 0.29) is 6.04 Å². The molecule has 108 valence electrons. The lowest BCUT2D eigenvalue weighted by Crippen LogP contribution is -2.12. The van der Waals surface area contributed by atoms with E-state index >= 15 is 0 Å². The summed E-state index contributed by atoms with van der Waals surface area (Å²) in [6.45, 7) is 2.16. The third kappa shape index (κ3) is 3.60. The first-order valence-electron chi connectivity index (χ1n) is 6.53. The maximum absolute atomic E-state index is 5.16. The Morgan fingerprint density at radius 2 is 1.95 bits per heavy atom. The maximum atomic E-state index is 5.16. The van der Waals surface area contributed by atoms with Gasteiger partial charge < -0.3 is 14.8 Å². The normalized spacial score (nSPS) is 11.9. The van der Waals surface area contributed by atoms with Gasteiger partial charge in [0.25, 0.3) is 0 Å². The van der Waals surface area contributed by atoms with Gasteiger partial charge in [0.2, 0.25) is 17.7 Å². The molecule has 0 aliphatic heterocycles. The molecule has 0 bridgehead atoms. The Labute approximate surface area is 123 Å². The van der Waals surface area contributed by atoms with E-state index in [0.29, 0.717) is 17.7 Å². The third-order valence-electron chi connectivity index (χ3n) is 2.86. The highest BCUT2D eigenvalue weighted by molar-refractivity contribution is 7.10. The Kier molecular flexibility index (Phi) is 5.17. The summed E-state index contributed by atoms with van der Waals surface area (Å²) in [7, 11) is 3.16. The van der Waals surface area contributed by atoms with Crippen LogP contribution in [0.3, 0.4) is 0 Å². The van der Waals surface area contributed by atoms with Crippen LogP contribution < -0.4 is 14.8 Å². The molecule has 6 heteroatoms. The van der Waals surface area contributed by atoms with Gasteiger partial charge in [-0.25, -0.2) is 0 Å². The molecular formula is C14H19N3O2S. The van der Waals surface area contributed by atoms with Gasteiger partial charge in [-0.3, -0.25) is 0 Å². The summed E-state index contributed by atoms with van der Waals surface area (Å²) in [5.74, 6) is 1.50. The molecule has 1 N–H and O–H groups in total. The quantitative estimate of drug-likeness (QED) is 0.846. The van der Waals surface area contributed by atoms with E-state index in [1.165, 1.54) is 4.88 Å². The molecule has 2 aromatic rings. The summed E-state index contributed by atoms with van der Waals surface area (Å²) >= 11 is 1.73. The summed E-state index contributed by atoms with van der Waals surface area (Å²) < 4.78 is 10.3. The molecule has 2 aromatic heterocycles. The van der Waals surface area contributed by atoms with Gasteiger partial charge in [-0.05, 0) is 17.9 Å². The number of rotatable bonds is 7. The van der Waals surface area contributed by atoms with Crippen LogP contribution in [-0.4, -0.2) is 24.2 Å². The molecule has 0 fully saturated rings. The molecule has 0 saturated heterocycles. The highest BCUT2D eigenvalue weighted by Crippen LogP contribution is 2.27. The van der Waals surface area contributed by atoms with Crippen molar-refractivity contribution in [3.8, 4) is 11.8 Å². The molecule has 0 saturated carbocycles. The van der Waals surface area contributed by atoms with Crippen LogP contribution >= 0.6 is 11.3 Å². The first-order valence-corrected chi connectivity index (χ1v) is 7.41. The van der Waals surface area contributed by atoms with Gasteiger partial charge in [-0.15, -0.1) is 11.3 Å². The zero-order chi connectivity index (χ0) is 14.4. The molecule has 2 rings (SSSR count). The molecular weight excluding hydrogens is 274 g/mol. The van der Waals surface area contributed by atoms with Crippen LogP contribution in [0, 0.1) is 0 Å². The predicted molar refractivity (Wildman–Crippen MR) is 80.7 cm³/mol. The number of methoxy groups -OCH3 is 2. The van der Waals surface area contributed by atoms with Gasteiger partial charge in [0, 0.05) is 4.88 Å². The third-order valence-corrected chi connectivity index (χ3v) is 3.85. The van der Waals surface area contributed by atoms with Crippen molar-refractivity contribution in [2.24, 2.45) is 0 Å². The minimum absolute atomic E-state index is 0.205. The van der Waals surface area contributed by atoms with Crippen molar-refractivity contribution in [3.63, 3.8) is 0 Å². The number of aromatic nitrogens is 2. The molecule has 0 aromatic carbocycles. The minimum atomic E-state index is 0.205. The van der Waals surface area contributed by atoms with Crippen molar-refractivity contribution < 1.29 is 9.47 Å². The zero-order valence-electron chi connectivity index (χ0n) is 11.9. The van der Waals surface area contributed by atoms with Crippen molar-refractivity contribution in [2.45, 2.75) is 25.8 Å². The molecule has 1 unspecified atom stereocenters. The number of nitrogens with one attached hydrogen (secondary N) is 1. The van der Waals surface area contributed by atoms with Crippen molar-refractivity contribution in [1.29, 1.82) is 0 Å². The van der Waals surface area contributed by atoms with E-state index in [4.69, 9.17) is 9.47 Å². The number of thiophene rings is 1. The van der Waals surface area contributed by atoms with E-state index in [9.17, 15) is 0 Å². The summed E-state index contributed by atoms with van der Waals surface area (Å²) in [6.07, 6.45) is 2.10. The van der Waals surface area contributed by atoms with Crippen LogP contribution in [0.1, 0.15) is 30.7 Å². The molecule has 1 atom stereocenters. The Bertz CT molecular complexity index is 509. The lowest BCUT2D eigenvalue weighted by Gasteiger charge is -2.17. The average Bonchev–Trinajstić information content (AvgIpc) is 3.00. The number of hydrogen-bond donors (Lipinski definition) is 1. The topological polar surface area (TPSA) is 56.3 Å². The van der Waals surface area contributed by atoms with Crippen LogP contribution in [0.4, 0.5) is 5.95 Å². The first-order chi connectivity index (χ1) is 9.76. The monoisotopic (exact) mass is 293 g/mol.